The Bertz CT molecular complexity index is 507. The molecule has 1 aliphatic carbocycles. The second-order valence-corrected chi connectivity index (χ2v) is 7.83. The minimum absolute atomic E-state index is 0.00613. The zero-order valence-electron chi connectivity index (χ0n) is 17.2. The topological polar surface area (TPSA) is 74.2 Å². The Morgan fingerprint density at radius 3 is 2.37 bits per heavy atom. The number of esters is 1. The molecule has 0 spiro atoms. The van der Waals surface area contributed by atoms with Gasteiger partial charge in [-0.05, 0) is 38.5 Å². The second-order valence-electron chi connectivity index (χ2n) is 7.83. The molecule has 0 aromatic heterocycles. The molecule has 0 radical (unpaired) electrons. The van der Waals surface area contributed by atoms with Crippen LogP contribution in [0.1, 0.15) is 51.9 Å². The molecule has 1 saturated heterocycles. The first-order valence-corrected chi connectivity index (χ1v) is 10.4. The third kappa shape index (κ3) is 7.03. The van der Waals surface area contributed by atoms with Gasteiger partial charge in [-0.3, -0.25) is 9.59 Å². The predicted molar refractivity (Wildman–Crippen MR) is 107 cm³/mol. The Morgan fingerprint density at radius 1 is 1.11 bits per heavy atom. The van der Waals surface area contributed by atoms with Crippen molar-refractivity contribution >= 4 is 17.8 Å². The summed E-state index contributed by atoms with van der Waals surface area (Å²) >= 11 is 0. The van der Waals surface area contributed by atoms with E-state index in [-0.39, 0.29) is 24.3 Å². The van der Waals surface area contributed by atoms with Crippen LogP contribution in [0.15, 0.2) is 4.99 Å². The molecular formula is C20H36N4O3. The quantitative estimate of drug-likeness (QED) is 0.433. The van der Waals surface area contributed by atoms with E-state index in [1.165, 1.54) is 32.1 Å². The number of nitrogens with one attached hydrogen (secondary N) is 1. The summed E-state index contributed by atoms with van der Waals surface area (Å²) < 4.78 is 5.16. The van der Waals surface area contributed by atoms with Crippen LogP contribution in [0.25, 0.3) is 0 Å². The molecule has 1 N–H and O–H groups in total. The van der Waals surface area contributed by atoms with Crippen molar-refractivity contribution < 1.29 is 14.3 Å². The van der Waals surface area contributed by atoms with Crippen LogP contribution in [0.5, 0.6) is 0 Å². The highest BCUT2D eigenvalue weighted by Gasteiger charge is 2.28. The Balaban J connectivity index is 1.93. The predicted octanol–water partition coefficient (Wildman–Crippen LogP) is 1.88. The van der Waals surface area contributed by atoms with Gasteiger partial charge in [-0.25, -0.2) is 4.99 Å². The fourth-order valence-electron chi connectivity index (χ4n) is 3.77. The number of ether oxygens (including phenoxy) is 1. The SMILES string of the molecule is CCOC(=O)C1CCN(C(=NCC(=O)N(C)C)NCC2CCCCC2)CC1. The fourth-order valence-corrected chi connectivity index (χ4v) is 3.77. The summed E-state index contributed by atoms with van der Waals surface area (Å²) in [7, 11) is 3.50. The van der Waals surface area contributed by atoms with Gasteiger partial charge < -0.3 is 19.9 Å². The highest BCUT2D eigenvalue weighted by Crippen LogP contribution is 2.23. The van der Waals surface area contributed by atoms with Crippen LogP contribution in [-0.4, -0.2) is 74.5 Å². The number of piperidine rings is 1. The van der Waals surface area contributed by atoms with Crippen molar-refractivity contribution in [2.75, 3.05) is 46.9 Å². The number of likely N-dealkylation sites (N-methyl/N-ethyl adjacent to an activating group) is 1. The number of carbonyl (C=O) groups excluding carboxylic acids is 2. The summed E-state index contributed by atoms with van der Waals surface area (Å²) in [6.07, 6.45) is 8.03. The number of rotatable bonds is 6. The van der Waals surface area contributed by atoms with E-state index in [9.17, 15) is 9.59 Å². The molecule has 7 nitrogen and oxygen atoms in total. The highest BCUT2D eigenvalue weighted by atomic mass is 16.5. The van der Waals surface area contributed by atoms with Gasteiger partial charge in [-0.15, -0.1) is 0 Å². The molecule has 154 valence electrons. The zero-order valence-corrected chi connectivity index (χ0v) is 17.2. The molecule has 2 fully saturated rings. The Kier molecular flexibility index (Phi) is 8.88. The number of hydrogen-bond acceptors (Lipinski definition) is 4. The van der Waals surface area contributed by atoms with Crippen molar-refractivity contribution in [3.05, 3.63) is 0 Å². The Hall–Kier alpha value is -1.79. The highest BCUT2D eigenvalue weighted by molar-refractivity contribution is 5.85. The maximum atomic E-state index is 12.0. The van der Waals surface area contributed by atoms with Gasteiger partial charge in [-0.2, -0.15) is 0 Å². The zero-order chi connectivity index (χ0) is 19.6. The first kappa shape index (κ1) is 21.5. The first-order chi connectivity index (χ1) is 13.0. The van der Waals surface area contributed by atoms with Crippen LogP contribution in [0.2, 0.25) is 0 Å². The van der Waals surface area contributed by atoms with Gasteiger partial charge in [0.15, 0.2) is 5.96 Å². The average molecular weight is 381 g/mol. The van der Waals surface area contributed by atoms with Crippen molar-refractivity contribution in [3.63, 3.8) is 0 Å². The summed E-state index contributed by atoms with van der Waals surface area (Å²) in [5.74, 6) is 1.37. The maximum Gasteiger partial charge on any atom is 0.309 e. The minimum atomic E-state index is -0.0893. The molecule has 0 unspecified atom stereocenters. The molecule has 0 atom stereocenters. The van der Waals surface area contributed by atoms with E-state index < -0.39 is 0 Å². The smallest absolute Gasteiger partial charge is 0.309 e. The normalized spacial score (nSPS) is 19.7. The van der Waals surface area contributed by atoms with Crippen LogP contribution in [0, 0.1) is 11.8 Å². The van der Waals surface area contributed by atoms with Gasteiger partial charge >= 0.3 is 5.97 Å². The first-order valence-electron chi connectivity index (χ1n) is 10.4. The number of amides is 1. The average Bonchev–Trinajstić information content (AvgIpc) is 2.69. The van der Waals surface area contributed by atoms with Gasteiger partial charge in [-0.1, -0.05) is 19.3 Å². The third-order valence-corrected chi connectivity index (χ3v) is 5.55. The molecule has 7 heteroatoms. The molecule has 0 aromatic rings. The molecule has 0 aromatic carbocycles. The maximum absolute atomic E-state index is 12.0. The fraction of sp³-hybridized carbons (Fsp3) is 0.850. The summed E-state index contributed by atoms with van der Waals surface area (Å²) in [5.41, 5.74) is 0. The van der Waals surface area contributed by atoms with Crippen molar-refractivity contribution in [1.82, 2.24) is 15.1 Å². The molecule has 1 amide bonds. The van der Waals surface area contributed by atoms with E-state index in [1.54, 1.807) is 19.0 Å². The number of nitrogens with zero attached hydrogens (tertiary/aromatic N) is 3. The molecule has 27 heavy (non-hydrogen) atoms. The van der Waals surface area contributed by atoms with Crippen LogP contribution in [0.3, 0.4) is 0 Å². The summed E-state index contributed by atoms with van der Waals surface area (Å²) in [5, 5.41) is 3.51. The summed E-state index contributed by atoms with van der Waals surface area (Å²) in [6, 6.07) is 0. The number of likely N-dealkylation sites (tertiary alicyclic amines) is 1. The van der Waals surface area contributed by atoms with E-state index in [0.717, 1.165) is 38.4 Å². The van der Waals surface area contributed by atoms with E-state index in [2.05, 4.69) is 15.2 Å². The lowest BCUT2D eigenvalue weighted by Gasteiger charge is -2.34. The molecule has 1 aliphatic heterocycles. The van der Waals surface area contributed by atoms with Crippen LogP contribution in [-0.2, 0) is 14.3 Å². The molecule has 0 bridgehead atoms. The van der Waals surface area contributed by atoms with Crippen molar-refractivity contribution in [2.45, 2.75) is 51.9 Å². The summed E-state index contributed by atoms with van der Waals surface area (Å²) in [6.45, 7) is 4.85. The number of aliphatic imine (C=N–C) groups is 1. The molecule has 2 rings (SSSR count). The van der Waals surface area contributed by atoms with Crippen molar-refractivity contribution in [1.29, 1.82) is 0 Å². The lowest BCUT2D eigenvalue weighted by atomic mass is 9.89. The van der Waals surface area contributed by atoms with E-state index in [4.69, 9.17) is 4.74 Å². The van der Waals surface area contributed by atoms with E-state index in [0.29, 0.717) is 12.5 Å². The molecule has 2 aliphatic rings. The minimum Gasteiger partial charge on any atom is -0.466 e. The Morgan fingerprint density at radius 2 is 1.78 bits per heavy atom. The van der Waals surface area contributed by atoms with Gasteiger partial charge in [0.05, 0.1) is 12.5 Å². The van der Waals surface area contributed by atoms with Gasteiger partial charge in [0.25, 0.3) is 0 Å². The van der Waals surface area contributed by atoms with Gasteiger partial charge in [0, 0.05) is 33.7 Å². The summed E-state index contributed by atoms with van der Waals surface area (Å²) in [4.78, 5) is 32.3. The Labute approximate surface area is 163 Å². The van der Waals surface area contributed by atoms with Gasteiger partial charge in [0.1, 0.15) is 6.54 Å². The van der Waals surface area contributed by atoms with Gasteiger partial charge in [0.2, 0.25) is 5.91 Å². The molecule has 1 heterocycles. The molecular weight excluding hydrogens is 344 g/mol. The van der Waals surface area contributed by atoms with E-state index >= 15 is 0 Å². The second kappa shape index (κ2) is 11.1. The number of carbonyl (C=O) groups is 2. The largest absolute Gasteiger partial charge is 0.466 e. The van der Waals surface area contributed by atoms with Crippen molar-refractivity contribution in [2.24, 2.45) is 16.8 Å². The lowest BCUT2D eigenvalue weighted by Crippen LogP contribution is -2.48. The van der Waals surface area contributed by atoms with Crippen LogP contribution >= 0.6 is 0 Å². The number of hydrogen-bond donors (Lipinski definition) is 1. The number of guanidine groups is 1. The monoisotopic (exact) mass is 380 g/mol. The van der Waals surface area contributed by atoms with Crippen molar-refractivity contribution in [3.8, 4) is 0 Å². The van der Waals surface area contributed by atoms with E-state index in [1.807, 2.05) is 6.92 Å². The van der Waals surface area contributed by atoms with Crippen LogP contribution in [0.4, 0.5) is 0 Å². The third-order valence-electron chi connectivity index (χ3n) is 5.55. The molecule has 1 saturated carbocycles. The van der Waals surface area contributed by atoms with Crippen LogP contribution < -0.4 is 5.32 Å². The standard InChI is InChI=1S/C20H36N4O3/c1-4-27-19(26)17-10-12-24(13-11-17)20(22-15-18(25)23(2)3)21-14-16-8-6-5-7-9-16/h16-17H,4-15H2,1-3H3,(H,21,22). The lowest BCUT2D eigenvalue weighted by molar-refractivity contribution is -0.149.